The molecule has 0 radical (unpaired) electrons. The summed E-state index contributed by atoms with van der Waals surface area (Å²) in [7, 11) is -2.20. The minimum absolute atomic E-state index is 0.233. The van der Waals surface area contributed by atoms with Gasteiger partial charge in [-0.25, -0.2) is 9.59 Å². The third kappa shape index (κ3) is 6.26. The number of benzene rings is 2. The third-order valence-electron chi connectivity index (χ3n) is 6.92. The normalized spacial score (nSPS) is 19.9. The van der Waals surface area contributed by atoms with Crippen LogP contribution in [-0.4, -0.2) is 45.2 Å². The van der Waals surface area contributed by atoms with Crippen LogP contribution in [0.3, 0.4) is 0 Å². The van der Waals surface area contributed by atoms with Gasteiger partial charge in [0, 0.05) is 0 Å². The van der Waals surface area contributed by atoms with E-state index in [9.17, 15) is 9.59 Å². The summed E-state index contributed by atoms with van der Waals surface area (Å²) in [5, 5.41) is 0. The predicted molar refractivity (Wildman–Crippen MR) is 142 cm³/mol. The highest BCUT2D eigenvalue weighted by atomic mass is 28.4. The Morgan fingerprint density at radius 1 is 0.778 bits per heavy atom. The molecule has 2 aromatic rings. The molecule has 1 aliphatic heterocycles. The molecule has 194 valence electrons. The van der Waals surface area contributed by atoms with E-state index in [4.69, 9.17) is 18.6 Å². The van der Waals surface area contributed by atoms with Crippen molar-refractivity contribution in [1.29, 1.82) is 0 Å². The van der Waals surface area contributed by atoms with Crippen molar-refractivity contribution in [3.05, 3.63) is 84.1 Å². The summed E-state index contributed by atoms with van der Waals surface area (Å²) in [6.45, 7) is 13.5. The fourth-order valence-corrected chi connectivity index (χ4v) is 10.7. The number of esters is 2. The zero-order chi connectivity index (χ0) is 26.3. The van der Waals surface area contributed by atoms with Gasteiger partial charge in [0.1, 0.15) is 0 Å². The Bertz CT molecular complexity index is 997. The van der Waals surface area contributed by atoms with Crippen LogP contribution in [0.1, 0.15) is 62.3 Å². The third-order valence-corrected chi connectivity index (χ3v) is 13.0. The van der Waals surface area contributed by atoms with Gasteiger partial charge in [0.05, 0.1) is 24.0 Å². The first kappa shape index (κ1) is 27.7. The molecule has 1 aliphatic rings. The minimum Gasteiger partial charge on any atom is -0.492 e. The van der Waals surface area contributed by atoms with Crippen LogP contribution >= 0.6 is 0 Å². The average Bonchev–Trinajstić information content (AvgIpc) is 2.86. The summed E-state index contributed by atoms with van der Waals surface area (Å²) in [6, 6.07) is 17.5. The molecule has 0 amide bonds. The lowest BCUT2D eigenvalue weighted by atomic mass is 10.1. The van der Waals surface area contributed by atoms with Crippen LogP contribution in [-0.2, 0) is 18.6 Å². The standard InChI is InChI=1S/C29H38O6Si/c1-20(2)36(21(3)4,22(5)6)33-19-26-27(35-29(31)24-15-11-8-12-16-24)25(17-18-32-26)34-28(30)23-13-9-7-10-14-23/h7-18,20-22,25-27H,19H2,1-6H3/t25-,26-,27-/m1/s1. The van der Waals surface area contributed by atoms with Gasteiger partial charge in [-0.15, -0.1) is 0 Å². The number of carbonyl (C=O) groups is 2. The molecule has 36 heavy (non-hydrogen) atoms. The van der Waals surface area contributed by atoms with E-state index in [0.717, 1.165) is 0 Å². The zero-order valence-electron chi connectivity index (χ0n) is 22.0. The Morgan fingerprint density at radius 3 is 1.72 bits per heavy atom. The Balaban J connectivity index is 1.86. The van der Waals surface area contributed by atoms with Gasteiger partial charge >= 0.3 is 11.9 Å². The van der Waals surface area contributed by atoms with E-state index in [1.807, 2.05) is 12.1 Å². The predicted octanol–water partition coefficient (Wildman–Crippen LogP) is 6.54. The second kappa shape index (κ2) is 12.4. The van der Waals surface area contributed by atoms with E-state index < -0.39 is 38.6 Å². The molecule has 6 nitrogen and oxygen atoms in total. The molecule has 0 bridgehead atoms. The highest BCUT2D eigenvalue weighted by Crippen LogP contribution is 2.42. The van der Waals surface area contributed by atoms with E-state index in [2.05, 4.69) is 41.5 Å². The lowest BCUT2D eigenvalue weighted by Crippen LogP contribution is -2.53. The molecular weight excluding hydrogens is 472 g/mol. The molecule has 0 saturated carbocycles. The second-order valence-corrected chi connectivity index (χ2v) is 15.6. The summed E-state index contributed by atoms with van der Waals surface area (Å²) in [6.07, 6.45) is 0.805. The average molecular weight is 511 g/mol. The maximum atomic E-state index is 13.0. The largest absolute Gasteiger partial charge is 0.492 e. The molecule has 1 heterocycles. The molecular formula is C29H38O6Si. The second-order valence-electron chi connectivity index (χ2n) is 10.1. The number of hydrogen-bond donors (Lipinski definition) is 0. The van der Waals surface area contributed by atoms with Gasteiger partial charge in [0.15, 0.2) is 18.3 Å². The van der Waals surface area contributed by atoms with Gasteiger partial charge in [-0.05, 0) is 47.0 Å². The first-order chi connectivity index (χ1) is 17.2. The molecule has 0 unspecified atom stereocenters. The Labute approximate surface area is 215 Å². The summed E-state index contributed by atoms with van der Waals surface area (Å²) in [5.41, 5.74) is 1.98. The van der Waals surface area contributed by atoms with Crippen LogP contribution in [0.2, 0.25) is 16.6 Å². The molecule has 0 spiro atoms. The Kier molecular flexibility index (Phi) is 9.51. The van der Waals surface area contributed by atoms with Crippen molar-refractivity contribution < 1.29 is 28.2 Å². The van der Waals surface area contributed by atoms with E-state index in [1.54, 1.807) is 54.6 Å². The number of rotatable bonds is 10. The smallest absolute Gasteiger partial charge is 0.338 e. The monoisotopic (exact) mass is 510 g/mol. The first-order valence-corrected chi connectivity index (χ1v) is 14.8. The summed E-state index contributed by atoms with van der Waals surface area (Å²) < 4.78 is 24.4. The summed E-state index contributed by atoms with van der Waals surface area (Å²) >= 11 is 0. The molecule has 0 aromatic heterocycles. The topological polar surface area (TPSA) is 71.1 Å². The minimum atomic E-state index is -2.20. The van der Waals surface area contributed by atoms with Gasteiger partial charge in [-0.2, -0.15) is 0 Å². The van der Waals surface area contributed by atoms with Crippen LogP contribution in [0.4, 0.5) is 0 Å². The molecule has 0 N–H and O–H groups in total. The van der Waals surface area contributed by atoms with Crippen molar-refractivity contribution in [2.75, 3.05) is 6.61 Å². The van der Waals surface area contributed by atoms with E-state index in [1.165, 1.54) is 6.26 Å². The highest BCUT2D eigenvalue weighted by Gasteiger charge is 2.47. The summed E-state index contributed by atoms with van der Waals surface area (Å²) in [4.78, 5) is 25.9. The van der Waals surface area contributed by atoms with E-state index in [0.29, 0.717) is 27.8 Å². The Hall–Kier alpha value is -2.90. The molecule has 0 aliphatic carbocycles. The van der Waals surface area contributed by atoms with Crippen molar-refractivity contribution in [2.24, 2.45) is 0 Å². The van der Waals surface area contributed by atoms with E-state index in [-0.39, 0.29) is 6.61 Å². The number of carbonyl (C=O) groups excluding carboxylic acids is 2. The molecule has 0 fully saturated rings. The van der Waals surface area contributed by atoms with Gasteiger partial charge in [0.2, 0.25) is 8.32 Å². The van der Waals surface area contributed by atoms with Crippen molar-refractivity contribution in [2.45, 2.75) is 76.5 Å². The molecule has 3 atom stereocenters. The summed E-state index contributed by atoms with van der Waals surface area (Å²) in [5.74, 6) is -1.01. The van der Waals surface area contributed by atoms with Crippen LogP contribution in [0.5, 0.6) is 0 Å². The quantitative estimate of drug-likeness (QED) is 0.267. The first-order valence-electron chi connectivity index (χ1n) is 12.6. The SMILES string of the molecule is CC(C)[Si](OC[C@H]1OC=C[C@@H](OC(=O)c2ccccc2)[C@H]1OC(=O)c1ccccc1)(C(C)C)C(C)C. The lowest BCUT2D eigenvalue weighted by Gasteiger charge is -2.44. The molecule has 2 aromatic carbocycles. The molecule has 0 saturated heterocycles. The van der Waals surface area contributed by atoms with Crippen LogP contribution < -0.4 is 0 Å². The molecule has 3 rings (SSSR count). The van der Waals surface area contributed by atoms with Crippen molar-refractivity contribution >= 4 is 20.3 Å². The van der Waals surface area contributed by atoms with E-state index >= 15 is 0 Å². The van der Waals surface area contributed by atoms with Gasteiger partial charge < -0.3 is 18.6 Å². The van der Waals surface area contributed by atoms with Gasteiger partial charge in [-0.3, -0.25) is 0 Å². The van der Waals surface area contributed by atoms with Crippen molar-refractivity contribution in [1.82, 2.24) is 0 Å². The molecule has 7 heteroatoms. The number of hydrogen-bond acceptors (Lipinski definition) is 6. The van der Waals surface area contributed by atoms with Crippen LogP contribution in [0, 0.1) is 0 Å². The van der Waals surface area contributed by atoms with Gasteiger partial charge in [0.25, 0.3) is 0 Å². The lowest BCUT2D eigenvalue weighted by molar-refractivity contribution is -0.0947. The fourth-order valence-electron chi connectivity index (χ4n) is 5.26. The maximum Gasteiger partial charge on any atom is 0.338 e. The zero-order valence-corrected chi connectivity index (χ0v) is 23.0. The van der Waals surface area contributed by atoms with Crippen LogP contribution in [0.15, 0.2) is 73.0 Å². The van der Waals surface area contributed by atoms with Crippen molar-refractivity contribution in [3.8, 4) is 0 Å². The number of ether oxygens (including phenoxy) is 3. The fraction of sp³-hybridized carbons (Fsp3) is 0.448. The van der Waals surface area contributed by atoms with Crippen LogP contribution in [0.25, 0.3) is 0 Å². The Morgan fingerprint density at radius 2 is 1.25 bits per heavy atom. The highest BCUT2D eigenvalue weighted by molar-refractivity contribution is 6.77. The van der Waals surface area contributed by atoms with Crippen molar-refractivity contribution in [3.63, 3.8) is 0 Å². The van der Waals surface area contributed by atoms with Gasteiger partial charge in [-0.1, -0.05) is 77.9 Å². The maximum absolute atomic E-state index is 13.0.